The van der Waals surface area contributed by atoms with Gasteiger partial charge in [0.05, 0.1) is 11.1 Å². The molecule has 1 atom stereocenters. The summed E-state index contributed by atoms with van der Waals surface area (Å²) in [5.74, 6) is -2.34. The van der Waals surface area contributed by atoms with Crippen LogP contribution in [0.5, 0.6) is 0 Å². The zero-order valence-electron chi connectivity index (χ0n) is 22.1. The molecule has 208 valence electrons. The number of carbonyl (C=O) groups is 6. The van der Waals surface area contributed by atoms with E-state index in [2.05, 4.69) is 10.6 Å². The van der Waals surface area contributed by atoms with Gasteiger partial charge in [0.25, 0.3) is 11.8 Å². The van der Waals surface area contributed by atoms with Gasteiger partial charge in [0.1, 0.15) is 12.8 Å². The molecule has 38 heavy (non-hydrogen) atoms. The number of unbranched alkanes of at least 4 members (excludes halogenated alkanes) is 10. The van der Waals surface area contributed by atoms with Crippen LogP contribution in [0.1, 0.15) is 111 Å². The number of hydrogen-bond acceptors (Lipinski definition) is 7. The maximum atomic E-state index is 12.9. The zero-order chi connectivity index (χ0) is 27.9. The molecular formula is C28H40N4O6. The van der Waals surface area contributed by atoms with Crippen molar-refractivity contribution in [2.45, 2.75) is 95.9 Å². The molecule has 1 fully saturated rings. The van der Waals surface area contributed by atoms with Crippen LogP contribution in [0.3, 0.4) is 0 Å². The van der Waals surface area contributed by atoms with Crippen molar-refractivity contribution in [3.63, 3.8) is 0 Å². The second kappa shape index (κ2) is 16.4. The summed E-state index contributed by atoms with van der Waals surface area (Å²) in [4.78, 5) is 70.5. The van der Waals surface area contributed by atoms with Crippen molar-refractivity contribution in [1.82, 2.24) is 10.2 Å². The summed E-state index contributed by atoms with van der Waals surface area (Å²) in [6.07, 6.45) is 13.4. The predicted molar refractivity (Wildman–Crippen MR) is 143 cm³/mol. The lowest BCUT2D eigenvalue weighted by molar-refractivity contribution is -0.136. The molecule has 1 saturated heterocycles. The molecular weight excluding hydrogens is 488 g/mol. The molecule has 4 N–H and O–H groups in total. The van der Waals surface area contributed by atoms with E-state index in [-0.39, 0.29) is 29.9 Å². The van der Waals surface area contributed by atoms with Crippen LogP contribution in [-0.4, -0.2) is 53.8 Å². The Morgan fingerprint density at radius 1 is 0.868 bits per heavy atom. The first-order valence-corrected chi connectivity index (χ1v) is 13.6. The van der Waals surface area contributed by atoms with Crippen molar-refractivity contribution in [1.29, 1.82) is 0 Å². The molecule has 0 aromatic heterocycles. The Morgan fingerprint density at radius 3 is 2.00 bits per heavy atom. The number of nitrogens with zero attached hydrogens (tertiary/aromatic N) is 1. The number of fused-ring (bicyclic) bond motifs is 1. The van der Waals surface area contributed by atoms with E-state index in [1.54, 1.807) is 6.07 Å². The molecule has 0 radical (unpaired) electrons. The highest BCUT2D eigenvalue weighted by Crippen LogP contribution is 2.29. The molecule has 2 aliphatic rings. The summed E-state index contributed by atoms with van der Waals surface area (Å²) in [5, 5.41) is 4.98. The number of nitrogens with two attached hydrogens (primary N) is 1. The van der Waals surface area contributed by atoms with Gasteiger partial charge in [-0.15, -0.1) is 0 Å². The van der Waals surface area contributed by atoms with Crippen molar-refractivity contribution in [3.8, 4) is 0 Å². The summed E-state index contributed by atoms with van der Waals surface area (Å²) < 4.78 is 0. The fourth-order valence-corrected chi connectivity index (χ4v) is 4.79. The number of anilines is 1. The van der Waals surface area contributed by atoms with Gasteiger partial charge in [-0.25, -0.2) is 0 Å². The monoisotopic (exact) mass is 528 g/mol. The first kappa shape index (κ1) is 30.8. The van der Waals surface area contributed by atoms with Crippen LogP contribution in [0.25, 0.3) is 0 Å². The molecule has 5 amide bonds. The van der Waals surface area contributed by atoms with Crippen LogP contribution in [-0.2, 0) is 19.2 Å². The van der Waals surface area contributed by atoms with Gasteiger partial charge in [0, 0.05) is 18.5 Å². The molecule has 0 saturated carbocycles. The van der Waals surface area contributed by atoms with Crippen molar-refractivity contribution < 1.29 is 28.8 Å². The van der Waals surface area contributed by atoms with E-state index in [0.29, 0.717) is 12.1 Å². The van der Waals surface area contributed by atoms with Gasteiger partial charge in [-0.05, 0) is 44.0 Å². The number of nitrogens with one attached hydrogen (secondary N) is 2. The number of hydrogen-bond donors (Lipinski definition) is 3. The van der Waals surface area contributed by atoms with E-state index in [0.717, 1.165) is 37.1 Å². The summed E-state index contributed by atoms with van der Waals surface area (Å²) >= 11 is 0. The lowest BCUT2D eigenvalue weighted by atomic mass is 10.0. The maximum absolute atomic E-state index is 12.9. The van der Waals surface area contributed by atoms with E-state index >= 15 is 0 Å². The van der Waals surface area contributed by atoms with Crippen molar-refractivity contribution in [2.24, 2.45) is 5.73 Å². The fourth-order valence-electron chi connectivity index (χ4n) is 4.79. The summed E-state index contributed by atoms with van der Waals surface area (Å²) in [6.45, 7) is 2.79. The van der Waals surface area contributed by atoms with Gasteiger partial charge in [-0.3, -0.25) is 34.2 Å². The van der Waals surface area contributed by atoms with E-state index in [4.69, 9.17) is 10.5 Å². The number of rotatable bonds is 15. The Morgan fingerprint density at radius 2 is 1.42 bits per heavy atom. The normalized spacial score (nSPS) is 16.6. The second-order valence-electron chi connectivity index (χ2n) is 9.68. The van der Waals surface area contributed by atoms with Gasteiger partial charge in [-0.1, -0.05) is 57.8 Å². The van der Waals surface area contributed by atoms with Gasteiger partial charge >= 0.3 is 0 Å². The van der Waals surface area contributed by atoms with Gasteiger partial charge < -0.3 is 15.8 Å². The van der Waals surface area contributed by atoms with Gasteiger partial charge in [0.2, 0.25) is 17.7 Å². The minimum absolute atomic E-state index is 0.0702. The van der Waals surface area contributed by atoms with Gasteiger partial charge in [0.15, 0.2) is 0 Å². The van der Waals surface area contributed by atoms with E-state index in [1.807, 2.05) is 6.79 Å². The first-order chi connectivity index (χ1) is 18.4. The number of amides is 5. The lowest BCUT2D eigenvalue weighted by Gasteiger charge is -2.27. The quantitative estimate of drug-likeness (QED) is 0.232. The van der Waals surface area contributed by atoms with Crippen LogP contribution in [0.2, 0.25) is 0 Å². The van der Waals surface area contributed by atoms with Crippen molar-refractivity contribution in [3.05, 3.63) is 29.3 Å². The Labute approximate surface area is 224 Å². The largest absolute Gasteiger partial charge is 0.330 e. The minimum Gasteiger partial charge on any atom is -0.330 e. The van der Waals surface area contributed by atoms with Crippen LogP contribution in [0.4, 0.5) is 5.69 Å². The molecule has 3 rings (SSSR count). The topological polar surface area (TPSA) is 156 Å². The Bertz CT molecular complexity index is 996. The van der Waals surface area contributed by atoms with Crippen LogP contribution in [0, 0.1) is 0 Å². The highest BCUT2D eigenvalue weighted by atomic mass is 16.2. The third kappa shape index (κ3) is 8.86. The third-order valence-corrected chi connectivity index (χ3v) is 6.83. The molecule has 10 nitrogen and oxygen atoms in total. The van der Waals surface area contributed by atoms with Crippen molar-refractivity contribution >= 4 is 42.0 Å². The third-order valence-electron chi connectivity index (χ3n) is 6.83. The van der Waals surface area contributed by atoms with Crippen molar-refractivity contribution in [2.75, 3.05) is 11.9 Å². The average Bonchev–Trinajstić information content (AvgIpc) is 3.15. The predicted octanol–water partition coefficient (Wildman–Crippen LogP) is 3.48. The molecule has 0 aliphatic carbocycles. The Kier molecular flexibility index (Phi) is 13.3. The summed E-state index contributed by atoms with van der Waals surface area (Å²) in [7, 11) is 0. The smallest absolute Gasteiger partial charge is 0.262 e. The van der Waals surface area contributed by atoms with Gasteiger partial charge in [-0.2, -0.15) is 0 Å². The molecule has 10 heteroatoms. The van der Waals surface area contributed by atoms with E-state index in [1.165, 1.54) is 57.1 Å². The molecule has 0 spiro atoms. The number of carbonyl (C=O) groups excluding carboxylic acids is 6. The number of imide groups is 2. The first-order valence-electron chi connectivity index (χ1n) is 13.6. The standard InChI is InChI=1S/C27H38N4O5.CH2O/c28-17-11-9-7-5-3-1-2-4-6-8-10-12-23(32)29-19-13-14-20-21(18-19)27(36)31(26(20)35)22-15-16-24(33)30-25(22)34;1-2/h13-14,18,22H,1-12,15-17,28H2,(H,29,32)(H,30,33,34);1H2. The molecule has 0 bridgehead atoms. The van der Waals surface area contributed by atoms with E-state index < -0.39 is 29.7 Å². The number of benzene rings is 1. The summed E-state index contributed by atoms with van der Waals surface area (Å²) in [5.41, 5.74) is 6.29. The Hall–Kier alpha value is -3.40. The van der Waals surface area contributed by atoms with Crippen LogP contribution >= 0.6 is 0 Å². The molecule has 2 heterocycles. The second-order valence-corrected chi connectivity index (χ2v) is 9.68. The van der Waals surface area contributed by atoms with Crippen LogP contribution in [0.15, 0.2) is 18.2 Å². The van der Waals surface area contributed by atoms with Crippen LogP contribution < -0.4 is 16.4 Å². The minimum atomic E-state index is -1.01. The summed E-state index contributed by atoms with van der Waals surface area (Å²) in [6, 6.07) is 3.56. The molecule has 1 aromatic rings. The highest BCUT2D eigenvalue weighted by molar-refractivity contribution is 6.23. The highest BCUT2D eigenvalue weighted by Gasteiger charge is 2.44. The lowest BCUT2D eigenvalue weighted by Crippen LogP contribution is -2.54. The molecule has 1 aromatic carbocycles. The SMILES string of the molecule is C=O.NCCCCCCCCCCCCCC(=O)Nc1ccc2c(c1)C(=O)N(C1CCC(=O)NC1=O)C2=O. The molecule has 1 unspecified atom stereocenters. The Balaban J connectivity index is 0.00000247. The van der Waals surface area contributed by atoms with E-state index in [9.17, 15) is 24.0 Å². The molecule has 2 aliphatic heterocycles. The zero-order valence-corrected chi connectivity index (χ0v) is 22.1. The average molecular weight is 529 g/mol. The maximum Gasteiger partial charge on any atom is 0.262 e. The fraction of sp³-hybridized carbons (Fsp3) is 0.571. The number of piperidine rings is 1.